The normalized spacial score (nSPS) is 14.4. The largest absolute Gasteiger partial charge is 0.497 e. The number of carbonyl (C=O) groups excluding carboxylic acids is 1. The molecule has 1 aliphatic heterocycles. The number of hydrogen-bond donors (Lipinski definition) is 1. The zero-order valence-corrected chi connectivity index (χ0v) is 15.7. The van der Waals surface area contributed by atoms with Gasteiger partial charge in [0.05, 0.1) is 13.7 Å². The fourth-order valence-corrected chi connectivity index (χ4v) is 3.24. The van der Waals surface area contributed by atoms with Crippen molar-refractivity contribution in [3.63, 3.8) is 0 Å². The predicted molar refractivity (Wildman–Crippen MR) is 105 cm³/mol. The van der Waals surface area contributed by atoms with Gasteiger partial charge in [-0.15, -0.1) is 0 Å². The lowest BCUT2D eigenvalue weighted by Crippen LogP contribution is -2.50. The third-order valence-corrected chi connectivity index (χ3v) is 4.81. The molecule has 1 fully saturated rings. The average Bonchev–Trinajstić information content (AvgIpc) is 2.68. The first-order chi connectivity index (χ1) is 12.7. The SMILES string of the molecule is COc1ccc(CNCC(=O)N2CCN(c3cccc(Cl)c3)CC2)cc1. The van der Waals surface area contributed by atoms with E-state index in [1.54, 1.807) is 7.11 Å². The van der Waals surface area contributed by atoms with E-state index in [0.29, 0.717) is 13.1 Å². The van der Waals surface area contributed by atoms with Gasteiger partial charge >= 0.3 is 0 Å². The van der Waals surface area contributed by atoms with Crippen molar-refractivity contribution < 1.29 is 9.53 Å². The van der Waals surface area contributed by atoms with E-state index < -0.39 is 0 Å². The van der Waals surface area contributed by atoms with Crippen LogP contribution in [0.5, 0.6) is 5.75 Å². The lowest BCUT2D eigenvalue weighted by atomic mass is 10.2. The molecule has 0 unspecified atom stereocenters. The van der Waals surface area contributed by atoms with Crippen LogP contribution in [0.1, 0.15) is 5.56 Å². The second-order valence-corrected chi connectivity index (χ2v) is 6.74. The third-order valence-electron chi connectivity index (χ3n) is 4.57. The topological polar surface area (TPSA) is 44.8 Å². The highest BCUT2D eigenvalue weighted by atomic mass is 35.5. The second kappa shape index (κ2) is 8.92. The summed E-state index contributed by atoms with van der Waals surface area (Å²) in [6.45, 7) is 4.13. The van der Waals surface area contributed by atoms with E-state index in [2.05, 4.69) is 16.3 Å². The van der Waals surface area contributed by atoms with Gasteiger partial charge in [-0.05, 0) is 35.9 Å². The van der Waals surface area contributed by atoms with Crippen LogP contribution >= 0.6 is 11.6 Å². The number of hydrogen-bond acceptors (Lipinski definition) is 4. The quantitative estimate of drug-likeness (QED) is 0.845. The number of carbonyl (C=O) groups is 1. The minimum atomic E-state index is 0.143. The summed E-state index contributed by atoms with van der Waals surface area (Å²) in [6.07, 6.45) is 0. The molecule has 0 radical (unpaired) electrons. The molecule has 2 aromatic rings. The number of amides is 1. The molecule has 0 saturated carbocycles. The summed E-state index contributed by atoms with van der Waals surface area (Å²) in [5.74, 6) is 0.978. The molecule has 26 heavy (non-hydrogen) atoms. The van der Waals surface area contributed by atoms with Crippen molar-refractivity contribution in [3.05, 3.63) is 59.1 Å². The number of methoxy groups -OCH3 is 1. The Labute approximate surface area is 159 Å². The Balaban J connectivity index is 1.42. The number of benzene rings is 2. The first-order valence-corrected chi connectivity index (χ1v) is 9.15. The standard InChI is InChI=1S/C20H24ClN3O2/c1-26-19-7-5-16(6-8-19)14-22-15-20(25)24-11-9-23(10-12-24)18-4-2-3-17(21)13-18/h2-8,13,22H,9-12,14-15H2,1H3. The summed E-state index contributed by atoms with van der Waals surface area (Å²) in [6, 6.07) is 15.7. The van der Waals surface area contributed by atoms with Gasteiger partial charge < -0.3 is 19.9 Å². The molecule has 0 spiro atoms. The van der Waals surface area contributed by atoms with E-state index >= 15 is 0 Å². The summed E-state index contributed by atoms with van der Waals surface area (Å²) in [5, 5.41) is 3.96. The third kappa shape index (κ3) is 4.90. The molecule has 1 aliphatic rings. The number of halogens is 1. The molecule has 3 rings (SSSR count). The molecule has 1 heterocycles. The van der Waals surface area contributed by atoms with Crippen LogP contribution in [0.2, 0.25) is 5.02 Å². The Hall–Kier alpha value is -2.24. The smallest absolute Gasteiger partial charge is 0.236 e. The van der Waals surface area contributed by atoms with Gasteiger partial charge in [-0.1, -0.05) is 29.8 Å². The van der Waals surface area contributed by atoms with Crippen LogP contribution < -0.4 is 15.0 Å². The second-order valence-electron chi connectivity index (χ2n) is 6.30. The number of ether oxygens (including phenoxy) is 1. The number of nitrogens with one attached hydrogen (secondary N) is 1. The van der Waals surface area contributed by atoms with Crippen LogP contribution in [0.3, 0.4) is 0 Å². The van der Waals surface area contributed by atoms with Crippen LogP contribution in [0.4, 0.5) is 5.69 Å². The van der Waals surface area contributed by atoms with Crippen molar-refractivity contribution in [1.82, 2.24) is 10.2 Å². The molecule has 138 valence electrons. The van der Waals surface area contributed by atoms with Crippen LogP contribution in [0.25, 0.3) is 0 Å². The van der Waals surface area contributed by atoms with E-state index in [-0.39, 0.29) is 5.91 Å². The molecule has 2 aromatic carbocycles. The summed E-state index contributed by atoms with van der Waals surface area (Å²) in [5.41, 5.74) is 2.24. The van der Waals surface area contributed by atoms with Gasteiger partial charge in [0.1, 0.15) is 5.75 Å². The van der Waals surface area contributed by atoms with Crippen LogP contribution in [-0.2, 0) is 11.3 Å². The minimum Gasteiger partial charge on any atom is -0.497 e. The molecule has 0 atom stereocenters. The van der Waals surface area contributed by atoms with Crippen LogP contribution in [0.15, 0.2) is 48.5 Å². The van der Waals surface area contributed by atoms with Crippen LogP contribution in [-0.4, -0.2) is 50.6 Å². The first kappa shape index (κ1) is 18.5. The van der Waals surface area contributed by atoms with E-state index in [0.717, 1.165) is 48.2 Å². The Morgan fingerprint density at radius 2 is 1.85 bits per heavy atom. The molecule has 0 aliphatic carbocycles. The first-order valence-electron chi connectivity index (χ1n) is 8.77. The molecular formula is C20H24ClN3O2. The number of piperazine rings is 1. The molecule has 5 nitrogen and oxygen atoms in total. The van der Waals surface area contributed by atoms with Crippen molar-refractivity contribution in [3.8, 4) is 5.75 Å². The average molecular weight is 374 g/mol. The predicted octanol–water partition coefficient (Wildman–Crippen LogP) is 2.79. The zero-order valence-electron chi connectivity index (χ0n) is 15.0. The minimum absolute atomic E-state index is 0.143. The van der Waals surface area contributed by atoms with Gasteiger partial charge in [-0.25, -0.2) is 0 Å². The van der Waals surface area contributed by atoms with Gasteiger partial charge in [-0.3, -0.25) is 4.79 Å². The van der Waals surface area contributed by atoms with E-state index in [4.69, 9.17) is 16.3 Å². The fraction of sp³-hybridized carbons (Fsp3) is 0.350. The lowest BCUT2D eigenvalue weighted by molar-refractivity contribution is -0.130. The maximum absolute atomic E-state index is 12.4. The molecule has 1 saturated heterocycles. The van der Waals surface area contributed by atoms with Gasteiger partial charge in [0, 0.05) is 43.4 Å². The van der Waals surface area contributed by atoms with Gasteiger partial charge in [0.15, 0.2) is 0 Å². The zero-order chi connectivity index (χ0) is 18.4. The molecular weight excluding hydrogens is 350 g/mol. The Morgan fingerprint density at radius 1 is 1.12 bits per heavy atom. The van der Waals surface area contributed by atoms with Crippen molar-refractivity contribution in [2.45, 2.75) is 6.54 Å². The Morgan fingerprint density at radius 3 is 2.50 bits per heavy atom. The summed E-state index contributed by atoms with van der Waals surface area (Å²) >= 11 is 6.06. The molecule has 0 aromatic heterocycles. The fourth-order valence-electron chi connectivity index (χ4n) is 3.06. The lowest BCUT2D eigenvalue weighted by Gasteiger charge is -2.36. The summed E-state index contributed by atoms with van der Waals surface area (Å²) in [4.78, 5) is 16.6. The maximum Gasteiger partial charge on any atom is 0.236 e. The summed E-state index contributed by atoms with van der Waals surface area (Å²) in [7, 11) is 1.65. The van der Waals surface area contributed by atoms with E-state index in [9.17, 15) is 4.79 Å². The van der Waals surface area contributed by atoms with Gasteiger partial charge in [0.25, 0.3) is 0 Å². The molecule has 6 heteroatoms. The van der Waals surface area contributed by atoms with Crippen molar-refractivity contribution in [1.29, 1.82) is 0 Å². The van der Waals surface area contributed by atoms with Crippen molar-refractivity contribution in [2.24, 2.45) is 0 Å². The van der Waals surface area contributed by atoms with Crippen molar-refractivity contribution >= 4 is 23.2 Å². The van der Waals surface area contributed by atoms with E-state index in [1.807, 2.05) is 47.4 Å². The highest BCUT2D eigenvalue weighted by Crippen LogP contribution is 2.20. The van der Waals surface area contributed by atoms with E-state index in [1.165, 1.54) is 0 Å². The molecule has 1 amide bonds. The number of rotatable bonds is 6. The maximum atomic E-state index is 12.4. The summed E-state index contributed by atoms with van der Waals surface area (Å²) < 4.78 is 5.15. The Kier molecular flexibility index (Phi) is 6.36. The monoisotopic (exact) mass is 373 g/mol. The van der Waals surface area contributed by atoms with Crippen molar-refractivity contribution in [2.75, 3.05) is 44.7 Å². The highest BCUT2D eigenvalue weighted by molar-refractivity contribution is 6.30. The van der Waals surface area contributed by atoms with Gasteiger partial charge in [-0.2, -0.15) is 0 Å². The molecule has 1 N–H and O–H groups in total. The van der Waals surface area contributed by atoms with Crippen LogP contribution in [0, 0.1) is 0 Å². The van der Waals surface area contributed by atoms with Gasteiger partial charge in [0.2, 0.25) is 5.91 Å². The molecule has 0 bridgehead atoms. The Bertz CT molecular complexity index is 728. The number of nitrogens with zero attached hydrogens (tertiary/aromatic N) is 2. The number of anilines is 1. The highest BCUT2D eigenvalue weighted by Gasteiger charge is 2.21.